The average molecular weight is 358 g/mol. The zero-order chi connectivity index (χ0) is 19.2. The molecule has 134 valence electrons. The molecule has 1 atom stereocenters. The quantitative estimate of drug-likeness (QED) is 0.710. The van der Waals surface area contributed by atoms with Crippen LogP contribution in [-0.4, -0.2) is 25.0 Å². The Bertz CT molecular complexity index is 1020. The number of amides is 1. The van der Waals surface area contributed by atoms with E-state index in [9.17, 15) is 9.59 Å². The summed E-state index contributed by atoms with van der Waals surface area (Å²) in [4.78, 5) is 24.8. The van der Waals surface area contributed by atoms with E-state index in [1.165, 1.54) is 7.11 Å². The number of nitrogens with one attached hydrogen (secondary N) is 1. The number of fused-ring (bicyclic) bond motifs is 1. The van der Waals surface area contributed by atoms with Crippen LogP contribution in [0.4, 0.5) is 0 Å². The van der Waals surface area contributed by atoms with Crippen LogP contribution >= 0.6 is 0 Å². The first-order chi connectivity index (χ1) is 13.1. The second-order valence-corrected chi connectivity index (χ2v) is 6.12. The minimum absolute atomic E-state index is 0.275. The average Bonchev–Trinajstić information content (AvgIpc) is 2.72. The van der Waals surface area contributed by atoms with Crippen LogP contribution in [-0.2, 0) is 16.0 Å². The van der Waals surface area contributed by atoms with Crippen LogP contribution in [0.25, 0.3) is 10.8 Å². The Morgan fingerprint density at radius 1 is 1.04 bits per heavy atom. The van der Waals surface area contributed by atoms with Crippen molar-refractivity contribution < 1.29 is 14.3 Å². The molecule has 5 heteroatoms. The highest BCUT2D eigenvalue weighted by molar-refractivity contribution is 6.00. The molecule has 0 spiro atoms. The summed E-state index contributed by atoms with van der Waals surface area (Å²) in [6.45, 7) is 0. The van der Waals surface area contributed by atoms with Gasteiger partial charge in [0.1, 0.15) is 6.04 Å². The Balaban J connectivity index is 1.79. The molecule has 0 saturated heterocycles. The summed E-state index contributed by atoms with van der Waals surface area (Å²) >= 11 is 0. The van der Waals surface area contributed by atoms with Crippen LogP contribution in [0.15, 0.2) is 66.7 Å². The van der Waals surface area contributed by atoms with Crippen molar-refractivity contribution in [1.29, 1.82) is 5.26 Å². The third-order valence-electron chi connectivity index (χ3n) is 4.33. The van der Waals surface area contributed by atoms with Gasteiger partial charge in [0.15, 0.2) is 0 Å². The van der Waals surface area contributed by atoms with Gasteiger partial charge in [-0.3, -0.25) is 4.79 Å². The van der Waals surface area contributed by atoms with E-state index in [4.69, 9.17) is 10.00 Å². The number of ether oxygens (including phenoxy) is 1. The van der Waals surface area contributed by atoms with Gasteiger partial charge >= 0.3 is 5.97 Å². The molecule has 5 nitrogen and oxygen atoms in total. The van der Waals surface area contributed by atoms with E-state index >= 15 is 0 Å². The second-order valence-electron chi connectivity index (χ2n) is 6.12. The van der Waals surface area contributed by atoms with Gasteiger partial charge in [0, 0.05) is 12.0 Å². The highest BCUT2D eigenvalue weighted by atomic mass is 16.5. The van der Waals surface area contributed by atoms with Crippen LogP contribution in [0.2, 0.25) is 0 Å². The Labute approximate surface area is 157 Å². The number of hydrogen-bond donors (Lipinski definition) is 1. The molecular weight excluding hydrogens is 340 g/mol. The molecule has 0 aliphatic rings. The van der Waals surface area contributed by atoms with Crippen molar-refractivity contribution in [2.45, 2.75) is 12.5 Å². The third-order valence-corrected chi connectivity index (χ3v) is 4.33. The predicted molar refractivity (Wildman–Crippen MR) is 102 cm³/mol. The van der Waals surface area contributed by atoms with Crippen molar-refractivity contribution in [3.8, 4) is 6.07 Å². The maximum absolute atomic E-state index is 12.6. The summed E-state index contributed by atoms with van der Waals surface area (Å²) in [5, 5.41) is 13.6. The fraction of sp³-hybridized carbons (Fsp3) is 0.136. The van der Waals surface area contributed by atoms with Gasteiger partial charge in [0.2, 0.25) is 0 Å². The SMILES string of the molecule is COC(=O)[C@@H](Cc1ccc(C#N)cc1)NC(=O)c1ccc2ccccc2c1. The van der Waals surface area contributed by atoms with Crippen LogP contribution < -0.4 is 5.32 Å². The summed E-state index contributed by atoms with van der Waals surface area (Å²) in [7, 11) is 1.29. The first-order valence-corrected chi connectivity index (χ1v) is 8.47. The van der Waals surface area contributed by atoms with Gasteiger partial charge in [-0.15, -0.1) is 0 Å². The van der Waals surface area contributed by atoms with E-state index in [0.29, 0.717) is 11.1 Å². The molecule has 3 aromatic carbocycles. The third kappa shape index (κ3) is 4.31. The summed E-state index contributed by atoms with van der Waals surface area (Å²) in [6, 6.07) is 21.2. The normalized spacial score (nSPS) is 11.4. The number of nitriles is 1. The molecule has 0 heterocycles. The molecule has 1 amide bonds. The Morgan fingerprint density at radius 3 is 2.41 bits per heavy atom. The smallest absolute Gasteiger partial charge is 0.328 e. The number of methoxy groups -OCH3 is 1. The summed E-state index contributed by atoms with van der Waals surface area (Å²) in [5.41, 5.74) is 1.83. The minimum atomic E-state index is -0.818. The molecule has 0 bridgehead atoms. The van der Waals surface area contributed by atoms with Crippen LogP contribution in [0, 0.1) is 11.3 Å². The van der Waals surface area contributed by atoms with Crippen molar-refractivity contribution in [2.24, 2.45) is 0 Å². The standard InChI is InChI=1S/C22H18N2O3/c1-27-22(26)20(12-15-6-8-16(14-23)9-7-15)24-21(25)19-11-10-17-4-2-3-5-18(17)13-19/h2-11,13,20H,12H2,1H3,(H,24,25)/t20-/m1/s1. The zero-order valence-corrected chi connectivity index (χ0v) is 14.8. The first-order valence-electron chi connectivity index (χ1n) is 8.47. The number of rotatable bonds is 5. The zero-order valence-electron chi connectivity index (χ0n) is 14.8. The number of nitrogens with zero attached hydrogens (tertiary/aromatic N) is 1. The second kappa shape index (κ2) is 8.15. The molecular formula is C22H18N2O3. The van der Waals surface area contributed by atoms with E-state index < -0.39 is 12.0 Å². The van der Waals surface area contributed by atoms with Crippen molar-refractivity contribution >= 4 is 22.6 Å². The molecule has 3 rings (SSSR count). The molecule has 0 saturated carbocycles. The number of carbonyl (C=O) groups is 2. The lowest BCUT2D eigenvalue weighted by molar-refractivity contribution is -0.142. The Hall–Kier alpha value is -3.65. The van der Waals surface area contributed by atoms with Gasteiger partial charge in [-0.25, -0.2) is 4.79 Å². The van der Waals surface area contributed by atoms with E-state index in [2.05, 4.69) is 5.32 Å². The van der Waals surface area contributed by atoms with Crippen molar-refractivity contribution in [3.63, 3.8) is 0 Å². The molecule has 3 aromatic rings. The summed E-state index contributed by atoms with van der Waals surface area (Å²) in [5.74, 6) is -0.863. The van der Waals surface area contributed by atoms with E-state index in [1.54, 1.807) is 36.4 Å². The fourth-order valence-corrected chi connectivity index (χ4v) is 2.86. The lowest BCUT2D eigenvalue weighted by atomic mass is 10.0. The molecule has 0 aliphatic carbocycles. The van der Waals surface area contributed by atoms with Crippen LogP contribution in [0.3, 0.4) is 0 Å². The topological polar surface area (TPSA) is 79.2 Å². The van der Waals surface area contributed by atoms with Crippen LogP contribution in [0.1, 0.15) is 21.5 Å². The highest BCUT2D eigenvalue weighted by Crippen LogP contribution is 2.16. The van der Waals surface area contributed by atoms with Crippen molar-refractivity contribution in [3.05, 3.63) is 83.4 Å². The Morgan fingerprint density at radius 2 is 1.74 bits per heavy atom. The molecule has 0 aromatic heterocycles. The molecule has 0 unspecified atom stereocenters. The summed E-state index contributed by atoms with van der Waals surface area (Å²) < 4.78 is 4.83. The Kier molecular flexibility index (Phi) is 5.48. The predicted octanol–water partition coefficient (Wildman–Crippen LogP) is 3.23. The van der Waals surface area contributed by atoms with E-state index in [-0.39, 0.29) is 12.3 Å². The molecule has 0 radical (unpaired) electrons. The molecule has 0 aliphatic heterocycles. The molecule has 0 fully saturated rings. The number of benzene rings is 3. The van der Waals surface area contributed by atoms with Gasteiger partial charge in [-0.1, -0.05) is 42.5 Å². The maximum atomic E-state index is 12.6. The fourth-order valence-electron chi connectivity index (χ4n) is 2.86. The number of carbonyl (C=O) groups excluding carboxylic acids is 2. The van der Waals surface area contributed by atoms with Crippen LogP contribution in [0.5, 0.6) is 0 Å². The first kappa shape index (κ1) is 18.2. The van der Waals surface area contributed by atoms with E-state index in [1.807, 2.05) is 36.4 Å². The minimum Gasteiger partial charge on any atom is -0.467 e. The van der Waals surface area contributed by atoms with Gasteiger partial charge < -0.3 is 10.1 Å². The van der Waals surface area contributed by atoms with Gasteiger partial charge in [0.05, 0.1) is 18.7 Å². The molecule has 27 heavy (non-hydrogen) atoms. The lowest BCUT2D eigenvalue weighted by Crippen LogP contribution is -2.43. The highest BCUT2D eigenvalue weighted by Gasteiger charge is 2.22. The number of esters is 1. The maximum Gasteiger partial charge on any atom is 0.328 e. The van der Waals surface area contributed by atoms with Gasteiger partial charge in [0.25, 0.3) is 5.91 Å². The monoisotopic (exact) mass is 358 g/mol. The lowest BCUT2D eigenvalue weighted by Gasteiger charge is -2.17. The van der Waals surface area contributed by atoms with E-state index in [0.717, 1.165) is 16.3 Å². The largest absolute Gasteiger partial charge is 0.467 e. The van der Waals surface area contributed by atoms with Gasteiger partial charge in [-0.05, 0) is 40.6 Å². The van der Waals surface area contributed by atoms with Gasteiger partial charge in [-0.2, -0.15) is 5.26 Å². The van der Waals surface area contributed by atoms with Crippen molar-refractivity contribution in [1.82, 2.24) is 5.32 Å². The summed E-state index contributed by atoms with van der Waals surface area (Å²) in [6.07, 6.45) is 0.275. The number of hydrogen-bond acceptors (Lipinski definition) is 4. The van der Waals surface area contributed by atoms with Crippen molar-refractivity contribution in [2.75, 3.05) is 7.11 Å². The molecule has 1 N–H and O–H groups in total.